The smallest absolute Gasteiger partial charge is 0.167 e. The summed E-state index contributed by atoms with van der Waals surface area (Å²) in [7, 11) is 1.67. The predicted octanol–water partition coefficient (Wildman–Crippen LogP) is 4.12. The molecule has 0 spiro atoms. The molecule has 25 heavy (non-hydrogen) atoms. The minimum Gasteiger partial charge on any atom is -0.497 e. The van der Waals surface area contributed by atoms with E-state index >= 15 is 0 Å². The molecule has 0 fully saturated rings. The molecule has 6 heteroatoms. The molecule has 0 radical (unpaired) electrons. The molecule has 4 rings (SSSR count). The molecule has 0 saturated heterocycles. The van der Waals surface area contributed by atoms with Crippen LogP contribution in [0.15, 0.2) is 72.1 Å². The normalized spacial score (nSPS) is 10.9. The maximum absolute atomic E-state index is 5.20. The van der Waals surface area contributed by atoms with E-state index in [1.807, 2.05) is 53.3 Å². The second-order valence-electron chi connectivity index (χ2n) is 5.44. The van der Waals surface area contributed by atoms with Gasteiger partial charge in [-0.2, -0.15) is 5.10 Å². The highest BCUT2D eigenvalue weighted by Crippen LogP contribution is 2.28. The molecule has 0 N–H and O–H groups in total. The number of nitrogens with zero attached hydrogens (tertiary/aromatic N) is 4. The first kappa shape index (κ1) is 15.7. The van der Waals surface area contributed by atoms with Gasteiger partial charge in [-0.15, -0.1) is 11.8 Å². The monoisotopic (exact) mass is 348 g/mol. The van der Waals surface area contributed by atoms with Gasteiger partial charge in [-0.25, -0.2) is 14.6 Å². The number of benzene rings is 2. The van der Waals surface area contributed by atoms with Crippen molar-refractivity contribution in [3.63, 3.8) is 0 Å². The van der Waals surface area contributed by atoms with E-state index in [0.29, 0.717) is 0 Å². The Kier molecular flexibility index (Phi) is 4.35. The fraction of sp³-hybridized carbons (Fsp3) is 0.105. The van der Waals surface area contributed by atoms with Gasteiger partial charge < -0.3 is 4.74 Å². The van der Waals surface area contributed by atoms with E-state index in [-0.39, 0.29) is 0 Å². The molecular weight excluding hydrogens is 332 g/mol. The van der Waals surface area contributed by atoms with E-state index in [2.05, 4.69) is 27.2 Å². The second kappa shape index (κ2) is 6.94. The standard InChI is InChI=1S/C19H16N4OS/c1-24-16-9-7-14(8-10-16)12-25-19-17-11-22-23(18(17)20-13-21-19)15-5-3-2-4-6-15/h2-11,13H,12H2,1H3. The van der Waals surface area contributed by atoms with Gasteiger partial charge in [0.05, 0.1) is 24.4 Å². The Morgan fingerprint density at radius 1 is 1.00 bits per heavy atom. The third-order valence-corrected chi connectivity index (χ3v) is 4.94. The van der Waals surface area contributed by atoms with Crippen molar-refractivity contribution in [2.45, 2.75) is 10.8 Å². The first-order valence-corrected chi connectivity index (χ1v) is 8.83. The van der Waals surface area contributed by atoms with Gasteiger partial charge in [0, 0.05) is 5.75 Å². The average molecular weight is 348 g/mol. The number of hydrogen-bond donors (Lipinski definition) is 0. The third kappa shape index (κ3) is 3.21. The molecule has 0 unspecified atom stereocenters. The lowest BCUT2D eigenvalue weighted by molar-refractivity contribution is 0.414. The van der Waals surface area contributed by atoms with Crippen LogP contribution in [0, 0.1) is 0 Å². The van der Waals surface area contributed by atoms with Gasteiger partial charge in [0.1, 0.15) is 17.1 Å². The quantitative estimate of drug-likeness (QED) is 0.401. The highest BCUT2D eigenvalue weighted by atomic mass is 32.2. The molecular formula is C19H16N4OS. The fourth-order valence-corrected chi connectivity index (χ4v) is 3.49. The zero-order valence-corrected chi connectivity index (χ0v) is 14.5. The molecule has 0 aliphatic heterocycles. The van der Waals surface area contributed by atoms with Crippen LogP contribution in [0.25, 0.3) is 16.7 Å². The molecule has 0 aliphatic carbocycles. The molecule has 0 aliphatic rings. The van der Waals surface area contributed by atoms with Crippen LogP contribution in [0.5, 0.6) is 5.75 Å². The van der Waals surface area contributed by atoms with E-state index < -0.39 is 0 Å². The topological polar surface area (TPSA) is 52.8 Å². The molecule has 0 amide bonds. The number of para-hydroxylation sites is 1. The van der Waals surface area contributed by atoms with Gasteiger partial charge in [-0.3, -0.25) is 0 Å². The van der Waals surface area contributed by atoms with Crippen LogP contribution >= 0.6 is 11.8 Å². The summed E-state index contributed by atoms with van der Waals surface area (Å²) in [5.41, 5.74) is 3.02. The lowest BCUT2D eigenvalue weighted by Crippen LogP contribution is -1.97. The molecule has 2 heterocycles. The Balaban J connectivity index is 1.61. The largest absolute Gasteiger partial charge is 0.497 e. The van der Waals surface area contributed by atoms with E-state index in [1.54, 1.807) is 25.2 Å². The Bertz CT molecular complexity index is 983. The van der Waals surface area contributed by atoms with Gasteiger partial charge in [-0.1, -0.05) is 30.3 Å². The number of methoxy groups -OCH3 is 1. The van der Waals surface area contributed by atoms with Gasteiger partial charge in [0.2, 0.25) is 0 Å². The van der Waals surface area contributed by atoms with Crippen molar-refractivity contribution < 1.29 is 4.74 Å². The summed E-state index contributed by atoms with van der Waals surface area (Å²) in [5.74, 6) is 1.69. The van der Waals surface area contributed by atoms with Crippen molar-refractivity contribution in [3.8, 4) is 11.4 Å². The molecule has 0 atom stereocenters. The van der Waals surface area contributed by atoms with Crippen LogP contribution in [0.4, 0.5) is 0 Å². The lowest BCUT2D eigenvalue weighted by Gasteiger charge is -2.05. The number of ether oxygens (including phenoxy) is 1. The zero-order chi connectivity index (χ0) is 17.1. The highest BCUT2D eigenvalue weighted by Gasteiger charge is 2.11. The number of rotatable bonds is 5. The second-order valence-corrected chi connectivity index (χ2v) is 6.41. The van der Waals surface area contributed by atoms with Crippen molar-refractivity contribution in [3.05, 3.63) is 72.7 Å². The van der Waals surface area contributed by atoms with E-state index in [4.69, 9.17) is 4.74 Å². The molecule has 124 valence electrons. The van der Waals surface area contributed by atoms with Gasteiger partial charge in [0.25, 0.3) is 0 Å². The minimum atomic E-state index is 0.818. The molecule has 2 aromatic heterocycles. The SMILES string of the molecule is COc1ccc(CSc2ncnc3c2cnn3-c2ccccc2)cc1. The lowest BCUT2D eigenvalue weighted by atomic mass is 10.2. The summed E-state index contributed by atoms with van der Waals surface area (Å²) in [6.07, 6.45) is 3.43. The van der Waals surface area contributed by atoms with E-state index in [1.165, 1.54) is 5.56 Å². The molecule has 0 bridgehead atoms. The number of thioether (sulfide) groups is 1. The van der Waals surface area contributed by atoms with Crippen LogP contribution in [-0.2, 0) is 5.75 Å². The van der Waals surface area contributed by atoms with Crippen molar-refractivity contribution in [2.24, 2.45) is 0 Å². The number of fused-ring (bicyclic) bond motifs is 1. The zero-order valence-electron chi connectivity index (χ0n) is 13.7. The highest BCUT2D eigenvalue weighted by molar-refractivity contribution is 7.98. The molecule has 5 nitrogen and oxygen atoms in total. The van der Waals surface area contributed by atoms with Crippen LogP contribution in [-0.4, -0.2) is 26.9 Å². The predicted molar refractivity (Wildman–Crippen MR) is 99.2 cm³/mol. The van der Waals surface area contributed by atoms with E-state index in [9.17, 15) is 0 Å². The van der Waals surface area contributed by atoms with Crippen molar-refractivity contribution in [2.75, 3.05) is 7.11 Å². The number of hydrogen-bond acceptors (Lipinski definition) is 5. The summed E-state index contributed by atoms with van der Waals surface area (Å²) >= 11 is 1.68. The maximum atomic E-state index is 5.20. The Morgan fingerprint density at radius 2 is 1.80 bits per heavy atom. The summed E-state index contributed by atoms with van der Waals surface area (Å²) in [4.78, 5) is 8.85. The molecule has 4 aromatic rings. The summed E-state index contributed by atoms with van der Waals surface area (Å²) in [6, 6.07) is 18.1. The van der Waals surface area contributed by atoms with Gasteiger partial charge in [-0.05, 0) is 29.8 Å². The van der Waals surface area contributed by atoms with Crippen LogP contribution < -0.4 is 4.74 Å². The minimum absolute atomic E-state index is 0.818. The summed E-state index contributed by atoms with van der Waals surface area (Å²) < 4.78 is 7.04. The first-order chi connectivity index (χ1) is 12.3. The van der Waals surface area contributed by atoms with Crippen molar-refractivity contribution >= 4 is 22.8 Å². The molecule has 0 saturated carbocycles. The summed E-state index contributed by atoms with van der Waals surface area (Å²) in [5, 5.41) is 6.38. The number of aromatic nitrogens is 4. The van der Waals surface area contributed by atoms with Crippen LogP contribution in [0.3, 0.4) is 0 Å². The molecule has 2 aromatic carbocycles. The Hall–Kier alpha value is -2.86. The van der Waals surface area contributed by atoms with Crippen molar-refractivity contribution in [1.29, 1.82) is 0 Å². The van der Waals surface area contributed by atoms with Crippen molar-refractivity contribution in [1.82, 2.24) is 19.7 Å². The maximum Gasteiger partial charge on any atom is 0.167 e. The first-order valence-electron chi connectivity index (χ1n) is 7.85. The fourth-order valence-electron chi connectivity index (χ4n) is 2.57. The third-order valence-electron chi connectivity index (χ3n) is 3.86. The average Bonchev–Trinajstić information content (AvgIpc) is 3.12. The van der Waals surface area contributed by atoms with E-state index in [0.717, 1.165) is 33.2 Å². The summed E-state index contributed by atoms with van der Waals surface area (Å²) in [6.45, 7) is 0. The van der Waals surface area contributed by atoms with Crippen LogP contribution in [0.2, 0.25) is 0 Å². The van der Waals surface area contributed by atoms with Gasteiger partial charge >= 0.3 is 0 Å². The Labute approximate surface area is 149 Å². The van der Waals surface area contributed by atoms with Gasteiger partial charge in [0.15, 0.2) is 5.65 Å². The van der Waals surface area contributed by atoms with Crippen LogP contribution in [0.1, 0.15) is 5.56 Å². The Morgan fingerprint density at radius 3 is 2.56 bits per heavy atom.